The van der Waals surface area contributed by atoms with Gasteiger partial charge < -0.3 is 10.1 Å². The third kappa shape index (κ3) is 4.61. The Kier molecular flexibility index (Phi) is 6.31. The Balaban J connectivity index is 1.95. The molecule has 0 bridgehead atoms. The standard InChI is InChI=1S/C17H21Cl2NO3/c1-10-6-3-4-9-14(10)20-16(21)11(2)23-17(22)12-7-5-8-13(18)15(12)19/h5,7-8,10-11,14H,3-4,6,9H2,1-2H3,(H,20,21)/t10-,11-,14+/m0/s1. The van der Waals surface area contributed by atoms with E-state index in [4.69, 9.17) is 27.9 Å². The van der Waals surface area contributed by atoms with Crippen molar-refractivity contribution < 1.29 is 14.3 Å². The molecule has 1 amide bonds. The normalized spacial score (nSPS) is 22.3. The SMILES string of the molecule is C[C@H](OC(=O)c1cccc(Cl)c1Cl)C(=O)N[C@@H]1CCCC[C@@H]1C. The van der Waals surface area contributed by atoms with Gasteiger partial charge in [0.05, 0.1) is 15.6 Å². The van der Waals surface area contributed by atoms with Crippen LogP contribution in [0.15, 0.2) is 18.2 Å². The Bertz CT molecular complexity index is 591. The smallest absolute Gasteiger partial charge is 0.340 e. The molecule has 2 rings (SSSR count). The molecule has 1 saturated carbocycles. The largest absolute Gasteiger partial charge is 0.449 e. The molecule has 6 heteroatoms. The summed E-state index contributed by atoms with van der Waals surface area (Å²) in [7, 11) is 0. The molecule has 1 aliphatic rings. The summed E-state index contributed by atoms with van der Waals surface area (Å²) >= 11 is 11.9. The van der Waals surface area contributed by atoms with Crippen LogP contribution >= 0.6 is 23.2 Å². The van der Waals surface area contributed by atoms with Gasteiger partial charge in [-0.15, -0.1) is 0 Å². The van der Waals surface area contributed by atoms with Gasteiger partial charge in [0.2, 0.25) is 0 Å². The van der Waals surface area contributed by atoms with Crippen LogP contribution in [0.5, 0.6) is 0 Å². The zero-order valence-electron chi connectivity index (χ0n) is 13.3. The minimum atomic E-state index is -0.883. The van der Waals surface area contributed by atoms with Crippen LogP contribution in [0.4, 0.5) is 0 Å². The molecule has 23 heavy (non-hydrogen) atoms. The first kappa shape index (κ1) is 18.1. The molecule has 4 nitrogen and oxygen atoms in total. The van der Waals surface area contributed by atoms with Crippen LogP contribution in [0.3, 0.4) is 0 Å². The van der Waals surface area contributed by atoms with E-state index in [0.717, 1.165) is 19.3 Å². The van der Waals surface area contributed by atoms with Crippen LogP contribution in [0.2, 0.25) is 10.0 Å². The molecule has 1 aromatic carbocycles. The molecule has 0 spiro atoms. The van der Waals surface area contributed by atoms with Crippen molar-refractivity contribution in [1.29, 1.82) is 0 Å². The first-order chi connectivity index (χ1) is 10.9. The lowest BCUT2D eigenvalue weighted by Gasteiger charge is -2.30. The maximum atomic E-state index is 12.2. The highest BCUT2D eigenvalue weighted by molar-refractivity contribution is 6.43. The van der Waals surface area contributed by atoms with E-state index in [1.165, 1.54) is 12.5 Å². The lowest BCUT2D eigenvalue weighted by atomic mass is 9.86. The summed E-state index contributed by atoms with van der Waals surface area (Å²) < 4.78 is 5.22. The summed E-state index contributed by atoms with van der Waals surface area (Å²) in [6.07, 6.45) is 3.50. The van der Waals surface area contributed by atoms with Crippen molar-refractivity contribution in [2.24, 2.45) is 5.92 Å². The highest BCUT2D eigenvalue weighted by atomic mass is 35.5. The second-order valence-electron chi connectivity index (χ2n) is 6.03. The van der Waals surface area contributed by atoms with E-state index < -0.39 is 12.1 Å². The van der Waals surface area contributed by atoms with Crippen molar-refractivity contribution in [1.82, 2.24) is 5.32 Å². The number of carbonyl (C=O) groups is 2. The molecule has 3 atom stereocenters. The predicted molar refractivity (Wildman–Crippen MR) is 90.9 cm³/mol. The number of carbonyl (C=O) groups excluding carboxylic acids is 2. The van der Waals surface area contributed by atoms with Gasteiger partial charge in [0.1, 0.15) is 0 Å². The van der Waals surface area contributed by atoms with Crippen molar-refractivity contribution in [3.63, 3.8) is 0 Å². The lowest BCUT2D eigenvalue weighted by Crippen LogP contribution is -2.46. The topological polar surface area (TPSA) is 55.4 Å². The van der Waals surface area contributed by atoms with Gasteiger partial charge in [-0.3, -0.25) is 4.79 Å². The Morgan fingerprint density at radius 3 is 2.65 bits per heavy atom. The van der Waals surface area contributed by atoms with Gasteiger partial charge in [0.25, 0.3) is 5.91 Å². The molecule has 1 aliphatic carbocycles. The van der Waals surface area contributed by atoms with E-state index in [1.54, 1.807) is 19.1 Å². The van der Waals surface area contributed by atoms with Crippen LogP contribution in [0.25, 0.3) is 0 Å². The molecule has 0 aliphatic heterocycles. The van der Waals surface area contributed by atoms with Gasteiger partial charge in [-0.05, 0) is 37.8 Å². The lowest BCUT2D eigenvalue weighted by molar-refractivity contribution is -0.130. The fraction of sp³-hybridized carbons (Fsp3) is 0.529. The fourth-order valence-electron chi connectivity index (χ4n) is 2.77. The number of benzene rings is 1. The molecule has 0 heterocycles. The van der Waals surface area contributed by atoms with Crippen molar-refractivity contribution in [2.45, 2.75) is 51.7 Å². The van der Waals surface area contributed by atoms with Gasteiger partial charge in [-0.25, -0.2) is 4.79 Å². The average Bonchev–Trinajstić information content (AvgIpc) is 2.52. The molecule has 1 aromatic rings. The van der Waals surface area contributed by atoms with E-state index in [0.29, 0.717) is 5.92 Å². The fourth-order valence-corrected chi connectivity index (χ4v) is 3.15. The maximum Gasteiger partial charge on any atom is 0.340 e. The summed E-state index contributed by atoms with van der Waals surface area (Å²) in [5, 5.41) is 3.38. The van der Waals surface area contributed by atoms with Gasteiger partial charge in [-0.2, -0.15) is 0 Å². The summed E-state index contributed by atoms with van der Waals surface area (Å²) in [5.74, 6) is -0.495. The third-order valence-corrected chi connectivity index (χ3v) is 5.08. The number of nitrogens with one attached hydrogen (secondary N) is 1. The van der Waals surface area contributed by atoms with Crippen LogP contribution in [-0.4, -0.2) is 24.0 Å². The second kappa shape index (κ2) is 8.02. The van der Waals surface area contributed by atoms with E-state index in [9.17, 15) is 9.59 Å². The minimum absolute atomic E-state index is 0.132. The number of hydrogen-bond acceptors (Lipinski definition) is 3. The molecular formula is C17H21Cl2NO3. The molecule has 1 fully saturated rings. The number of ether oxygens (including phenoxy) is 1. The van der Waals surface area contributed by atoms with Crippen molar-refractivity contribution >= 4 is 35.1 Å². The van der Waals surface area contributed by atoms with Crippen LogP contribution in [0, 0.1) is 5.92 Å². The number of amides is 1. The molecular weight excluding hydrogens is 337 g/mol. The van der Waals surface area contributed by atoms with Crippen molar-refractivity contribution in [3.8, 4) is 0 Å². The summed E-state index contributed by atoms with van der Waals surface area (Å²) in [5.41, 5.74) is 0.157. The minimum Gasteiger partial charge on any atom is -0.449 e. The summed E-state index contributed by atoms with van der Waals surface area (Å²) in [6.45, 7) is 3.69. The van der Waals surface area contributed by atoms with E-state index >= 15 is 0 Å². The van der Waals surface area contributed by atoms with Gasteiger partial charge >= 0.3 is 5.97 Å². The summed E-state index contributed by atoms with van der Waals surface area (Å²) in [4.78, 5) is 24.4. The van der Waals surface area contributed by atoms with Gasteiger partial charge in [-0.1, -0.05) is 49.0 Å². The zero-order valence-corrected chi connectivity index (χ0v) is 14.8. The van der Waals surface area contributed by atoms with E-state index in [1.807, 2.05) is 0 Å². The molecule has 126 valence electrons. The predicted octanol–water partition coefficient (Wildman–Crippen LogP) is 4.23. The van der Waals surface area contributed by atoms with Crippen LogP contribution < -0.4 is 5.32 Å². The summed E-state index contributed by atoms with van der Waals surface area (Å²) in [6, 6.07) is 4.86. The third-order valence-electron chi connectivity index (χ3n) is 4.26. The number of esters is 1. The highest BCUT2D eigenvalue weighted by Crippen LogP contribution is 2.26. The molecule has 0 radical (unpaired) electrons. The van der Waals surface area contributed by atoms with Crippen LogP contribution in [0.1, 0.15) is 49.9 Å². The molecule has 0 aromatic heterocycles. The van der Waals surface area contributed by atoms with Crippen LogP contribution in [-0.2, 0) is 9.53 Å². The second-order valence-corrected chi connectivity index (χ2v) is 6.81. The molecule has 1 N–H and O–H groups in total. The van der Waals surface area contributed by atoms with Crippen molar-refractivity contribution in [2.75, 3.05) is 0 Å². The van der Waals surface area contributed by atoms with Crippen molar-refractivity contribution in [3.05, 3.63) is 33.8 Å². The average molecular weight is 358 g/mol. The monoisotopic (exact) mass is 357 g/mol. The Morgan fingerprint density at radius 2 is 1.96 bits per heavy atom. The first-order valence-corrected chi connectivity index (χ1v) is 8.61. The van der Waals surface area contributed by atoms with Gasteiger partial charge in [0, 0.05) is 6.04 Å². The maximum absolute atomic E-state index is 12.2. The van der Waals surface area contributed by atoms with E-state index in [2.05, 4.69) is 12.2 Å². The number of rotatable bonds is 4. The Hall–Kier alpha value is -1.26. The Labute approximate surface area is 146 Å². The van der Waals surface area contributed by atoms with Gasteiger partial charge in [0.15, 0.2) is 6.10 Å². The molecule has 0 saturated heterocycles. The van der Waals surface area contributed by atoms with E-state index in [-0.39, 0.29) is 27.6 Å². The quantitative estimate of drug-likeness (QED) is 0.820. The highest BCUT2D eigenvalue weighted by Gasteiger charge is 2.27. The number of hydrogen-bond donors (Lipinski definition) is 1. The Morgan fingerprint density at radius 1 is 1.26 bits per heavy atom. The number of halogens is 2. The molecule has 0 unspecified atom stereocenters. The first-order valence-electron chi connectivity index (χ1n) is 7.85. The zero-order chi connectivity index (χ0) is 17.0.